The predicted molar refractivity (Wildman–Crippen MR) is 70.2 cm³/mol. The van der Waals surface area contributed by atoms with Crippen LogP contribution in [0.2, 0.25) is 0 Å². The lowest BCUT2D eigenvalue weighted by atomic mass is 10.1. The largest absolute Gasteiger partial charge is 0.496 e. The number of methoxy groups -OCH3 is 1. The molecule has 0 spiro atoms. The first-order valence-electron chi connectivity index (χ1n) is 5.28. The molecule has 0 aliphatic rings. The molecule has 7 nitrogen and oxygen atoms in total. The maximum atomic E-state index is 11.6. The van der Waals surface area contributed by atoms with Crippen LogP contribution in [0.25, 0.3) is 0 Å². The van der Waals surface area contributed by atoms with E-state index in [0.717, 1.165) is 5.56 Å². The second-order valence-electron chi connectivity index (χ2n) is 3.72. The Bertz CT molecular complexity index is 675. The zero-order valence-corrected chi connectivity index (χ0v) is 10.4. The van der Waals surface area contributed by atoms with Gasteiger partial charge in [0.15, 0.2) is 0 Å². The summed E-state index contributed by atoms with van der Waals surface area (Å²) in [6.07, 6.45) is 0.169. The highest BCUT2D eigenvalue weighted by molar-refractivity contribution is 5.38. The summed E-state index contributed by atoms with van der Waals surface area (Å²) in [7, 11) is 1.52. The number of aromatic nitrogens is 2. The molecule has 1 aromatic heterocycles. The first-order valence-corrected chi connectivity index (χ1v) is 5.28. The fourth-order valence-electron chi connectivity index (χ4n) is 1.70. The first kappa shape index (κ1) is 14.5. The van der Waals surface area contributed by atoms with Crippen LogP contribution in [0, 0.1) is 0 Å². The molecule has 6 N–H and O–H groups in total. The zero-order chi connectivity index (χ0) is 13.1. The summed E-state index contributed by atoms with van der Waals surface area (Å²) in [5.74, 6) is 0.192. The summed E-state index contributed by atoms with van der Waals surface area (Å²) < 4.78 is 5.16. The van der Waals surface area contributed by atoms with E-state index >= 15 is 0 Å². The van der Waals surface area contributed by atoms with Crippen molar-refractivity contribution in [2.45, 2.75) is 6.42 Å². The molecule has 7 heteroatoms. The number of hydrogen-bond donors (Lipinski definition) is 4. The van der Waals surface area contributed by atoms with E-state index in [1.165, 1.54) is 7.11 Å². The number of ether oxygens (including phenoxy) is 1. The molecule has 2 rings (SSSR count). The summed E-state index contributed by atoms with van der Waals surface area (Å²) in [6, 6.07) is 7.14. The van der Waals surface area contributed by atoms with E-state index in [1.807, 2.05) is 0 Å². The summed E-state index contributed by atoms with van der Waals surface area (Å²) in [5, 5.41) is 9.58. The van der Waals surface area contributed by atoms with Gasteiger partial charge in [-0.2, -0.15) is 0 Å². The van der Waals surface area contributed by atoms with Crippen molar-refractivity contribution in [3.05, 3.63) is 56.2 Å². The molecule has 1 heterocycles. The van der Waals surface area contributed by atoms with Gasteiger partial charge in [0.1, 0.15) is 5.75 Å². The molecule has 1 aromatic carbocycles. The van der Waals surface area contributed by atoms with Crippen molar-refractivity contribution in [2.75, 3.05) is 7.11 Å². The van der Waals surface area contributed by atoms with Gasteiger partial charge in [-0.05, 0) is 11.6 Å². The second-order valence-corrected chi connectivity index (χ2v) is 3.72. The molecule has 0 amide bonds. The summed E-state index contributed by atoms with van der Waals surface area (Å²) in [5.41, 5.74) is -0.504. The maximum absolute atomic E-state index is 11.6. The van der Waals surface area contributed by atoms with Crippen molar-refractivity contribution >= 4 is 0 Å². The van der Waals surface area contributed by atoms with Crippen LogP contribution in [0.5, 0.6) is 11.6 Å². The molecule has 0 saturated carbocycles. The van der Waals surface area contributed by atoms with E-state index in [2.05, 4.69) is 9.97 Å². The van der Waals surface area contributed by atoms with Crippen LogP contribution in [-0.4, -0.2) is 22.2 Å². The molecule has 0 radical (unpaired) electrons. The van der Waals surface area contributed by atoms with E-state index in [1.54, 1.807) is 24.3 Å². The Morgan fingerprint density at radius 1 is 1.21 bits per heavy atom. The Morgan fingerprint density at radius 3 is 2.53 bits per heavy atom. The molecule has 19 heavy (non-hydrogen) atoms. The highest BCUT2D eigenvalue weighted by atomic mass is 16.5. The molecular weight excluding hydrogens is 250 g/mol. The molecule has 0 aliphatic heterocycles. The third-order valence-electron chi connectivity index (χ3n) is 2.58. The SMILES string of the molecule is COc1ccccc1Cc1c(O)[nH]c(=O)[nH]c1=O.N. The Kier molecular flexibility index (Phi) is 4.49. The molecule has 0 saturated heterocycles. The monoisotopic (exact) mass is 265 g/mol. The fraction of sp³-hybridized carbons (Fsp3) is 0.167. The third-order valence-corrected chi connectivity index (χ3v) is 2.58. The Morgan fingerprint density at radius 2 is 1.89 bits per heavy atom. The van der Waals surface area contributed by atoms with Crippen molar-refractivity contribution in [2.24, 2.45) is 0 Å². The number of aromatic hydroxyl groups is 1. The highest BCUT2D eigenvalue weighted by Crippen LogP contribution is 2.21. The van der Waals surface area contributed by atoms with Crippen molar-refractivity contribution in [3.63, 3.8) is 0 Å². The van der Waals surface area contributed by atoms with Crippen molar-refractivity contribution in [1.29, 1.82) is 0 Å². The van der Waals surface area contributed by atoms with Gasteiger partial charge in [0.05, 0.1) is 12.7 Å². The normalized spacial score (nSPS) is 9.74. The molecular formula is C12H15N3O4. The van der Waals surface area contributed by atoms with Gasteiger partial charge < -0.3 is 16.0 Å². The van der Waals surface area contributed by atoms with Crippen molar-refractivity contribution in [1.82, 2.24) is 16.1 Å². The number of rotatable bonds is 3. The molecule has 2 aromatic rings. The third kappa shape index (κ3) is 3.02. The molecule has 102 valence electrons. The number of aromatic amines is 2. The molecule has 0 atom stereocenters. The van der Waals surface area contributed by atoms with Gasteiger partial charge in [0.2, 0.25) is 5.88 Å². The predicted octanol–water partition coefficient (Wildman–Crippen LogP) is 0.530. The van der Waals surface area contributed by atoms with Gasteiger partial charge in [-0.3, -0.25) is 14.8 Å². The minimum absolute atomic E-state index is 0. The zero-order valence-electron chi connectivity index (χ0n) is 10.4. The van der Waals surface area contributed by atoms with Crippen LogP contribution >= 0.6 is 0 Å². The minimum Gasteiger partial charge on any atom is -0.496 e. The average Bonchev–Trinajstić information content (AvgIpc) is 2.34. The summed E-state index contributed by atoms with van der Waals surface area (Å²) in [6.45, 7) is 0. The van der Waals surface area contributed by atoms with Crippen molar-refractivity contribution < 1.29 is 9.84 Å². The quantitative estimate of drug-likeness (QED) is 0.643. The van der Waals surface area contributed by atoms with Gasteiger partial charge in [0.25, 0.3) is 5.56 Å². The second kappa shape index (κ2) is 5.87. The lowest BCUT2D eigenvalue weighted by Crippen LogP contribution is -2.25. The van der Waals surface area contributed by atoms with E-state index < -0.39 is 17.1 Å². The van der Waals surface area contributed by atoms with Crippen molar-refractivity contribution in [3.8, 4) is 11.6 Å². The van der Waals surface area contributed by atoms with Crippen LogP contribution in [0.1, 0.15) is 11.1 Å². The molecule has 0 unspecified atom stereocenters. The highest BCUT2D eigenvalue weighted by Gasteiger charge is 2.11. The lowest BCUT2D eigenvalue weighted by Gasteiger charge is -2.08. The smallest absolute Gasteiger partial charge is 0.328 e. The van der Waals surface area contributed by atoms with Gasteiger partial charge in [0, 0.05) is 6.42 Å². The van der Waals surface area contributed by atoms with Crippen LogP contribution in [0.15, 0.2) is 33.9 Å². The van der Waals surface area contributed by atoms with Gasteiger partial charge in [-0.1, -0.05) is 18.2 Å². The summed E-state index contributed by atoms with van der Waals surface area (Å²) >= 11 is 0. The Labute approximate surface area is 108 Å². The van der Waals surface area contributed by atoms with Crippen LogP contribution in [-0.2, 0) is 6.42 Å². The van der Waals surface area contributed by atoms with E-state index in [9.17, 15) is 14.7 Å². The van der Waals surface area contributed by atoms with Gasteiger partial charge >= 0.3 is 5.69 Å². The van der Waals surface area contributed by atoms with Crippen LogP contribution < -0.4 is 22.1 Å². The van der Waals surface area contributed by atoms with Crippen LogP contribution in [0.3, 0.4) is 0 Å². The lowest BCUT2D eigenvalue weighted by molar-refractivity contribution is 0.409. The Hall–Kier alpha value is -2.54. The number of H-pyrrole nitrogens is 2. The summed E-state index contributed by atoms with van der Waals surface area (Å²) in [4.78, 5) is 26.7. The van der Waals surface area contributed by atoms with E-state index in [4.69, 9.17) is 4.74 Å². The average molecular weight is 265 g/mol. The standard InChI is InChI=1S/C12H12N2O4.H3N/c1-18-9-5-3-2-4-7(9)6-8-10(15)13-12(17)14-11(8)16;/h2-5H,6H2,1H3,(H3,13,14,15,16,17);1H3. The fourth-order valence-corrected chi connectivity index (χ4v) is 1.70. The number of nitrogens with one attached hydrogen (secondary N) is 2. The first-order chi connectivity index (χ1) is 8.61. The van der Waals surface area contributed by atoms with Gasteiger partial charge in [-0.25, -0.2) is 4.79 Å². The van der Waals surface area contributed by atoms with Gasteiger partial charge in [-0.15, -0.1) is 0 Å². The topological polar surface area (TPSA) is 130 Å². The Balaban J connectivity index is 0.00000180. The number of hydrogen-bond acceptors (Lipinski definition) is 5. The minimum atomic E-state index is -0.735. The number of benzene rings is 1. The molecule has 0 bridgehead atoms. The molecule has 0 aliphatic carbocycles. The molecule has 0 fully saturated rings. The van der Waals surface area contributed by atoms with E-state index in [-0.39, 0.29) is 18.1 Å². The number of para-hydroxylation sites is 1. The van der Waals surface area contributed by atoms with Crippen LogP contribution in [0.4, 0.5) is 0 Å². The maximum Gasteiger partial charge on any atom is 0.328 e. The van der Waals surface area contributed by atoms with E-state index in [0.29, 0.717) is 5.75 Å².